The van der Waals surface area contributed by atoms with Crippen LogP contribution in [-0.4, -0.2) is 59.5 Å². The van der Waals surface area contributed by atoms with Crippen LogP contribution in [0.1, 0.15) is 34.0 Å². The minimum atomic E-state index is -0.117. The average molecular weight is 459 g/mol. The number of amides is 1. The molecular formula is C28H34N4O2. The van der Waals surface area contributed by atoms with E-state index in [0.717, 1.165) is 50.6 Å². The van der Waals surface area contributed by atoms with Crippen LogP contribution >= 0.6 is 0 Å². The van der Waals surface area contributed by atoms with Crippen LogP contribution < -0.4 is 10.1 Å². The van der Waals surface area contributed by atoms with E-state index in [4.69, 9.17) is 4.74 Å². The van der Waals surface area contributed by atoms with E-state index in [1.165, 1.54) is 11.1 Å². The van der Waals surface area contributed by atoms with Crippen molar-refractivity contribution in [3.8, 4) is 5.75 Å². The van der Waals surface area contributed by atoms with Gasteiger partial charge in [-0.1, -0.05) is 35.9 Å². The molecule has 0 unspecified atom stereocenters. The second kappa shape index (κ2) is 11.8. The van der Waals surface area contributed by atoms with Gasteiger partial charge >= 0.3 is 0 Å². The molecule has 0 bridgehead atoms. The molecule has 0 spiro atoms. The maximum Gasteiger partial charge on any atom is 0.251 e. The molecule has 6 nitrogen and oxygen atoms in total. The van der Waals surface area contributed by atoms with Gasteiger partial charge in [0.1, 0.15) is 11.9 Å². The maximum atomic E-state index is 12.3. The van der Waals surface area contributed by atoms with Crippen molar-refractivity contribution in [1.29, 1.82) is 0 Å². The van der Waals surface area contributed by atoms with Crippen LogP contribution in [0.3, 0.4) is 0 Å². The molecule has 1 amide bonds. The zero-order valence-electron chi connectivity index (χ0n) is 20.1. The average Bonchev–Trinajstić information content (AvgIpc) is 2.86. The predicted octanol–water partition coefficient (Wildman–Crippen LogP) is 3.91. The van der Waals surface area contributed by atoms with Crippen LogP contribution in [0.15, 0.2) is 73.1 Å². The van der Waals surface area contributed by atoms with E-state index < -0.39 is 0 Å². The fourth-order valence-corrected chi connectivity index (χ4v) is 4.10. The lowest BCUT2D eigenvalue weighted by Gasteiger charge is -2.34. The Labute approximate surface area is 202 Å². The number of carbonyl (C=O) groups is 1. The SMILES string of the molecule is Cc1ccc(C(=O)NC[C@@H](C)Oc2ccc(CN3CCN(Cc4cccnc4)CC3)cc2)cc1. The fraction of sp³-hybridized carbons (Fsp3) is 0.357. The number of benzene rings is 2. The first-order valence-corrected chi connectivity index (χ1v) is 12.0. The Morgan fingerprint density at radius 3 is 2.21 bits per heavy atom. The van der Waals surface area contributed by atoms with Gasteiger partial charge in [-0.05, 0) is 55.3 Å². The number of aryl methyl sites for hydroxylation is 1. The standard InChI is InChI=1S/C28H34N4O2/c1-22-5-9-26(10-6-22)28(33)30-18-23(2)34-27-11-7-24(8-12-27)20-31-14-16-32(17-15-31)21-25-4-3-13-29-19-25/h3-13,19,23H,14-18,20-21H2,1-2H3,(H,30,33)/t23-/m1/s1. The molecule has 1 aliphatic heterocycles. The molecule has 2 aromatic carbocycles. The van der Waals surface area contributed by atoms with Crippen molar-refractivity contribution in [2.24, 2.45) is 0 Å². The quantitative estimate of drug-likeness (QED) is 0.527. The van der Waals surface area contributed by atoms with Crippen LogP contribution in [0.25, 0.3) is 0 Å². The first kappa shape index (κ1) is 23.9. The number of pyridine rings is 1. The maximum absolute atomic E-state index is 12.3. The third-order valence-electron chi connectivity index (χ3n) is 6.12. The lowest BCUT2D eigenvalue weighted by Crippen LogP contribution is -2.45. The summed E-state index contributed by atoms with van der Waals surface area (Å²) in [6.45, 7) is 10.6. The molecule has 34 heavy (non-hydrogen) atoms. The summed E-state index contributed by atoms with van der Waals surface area (Å²) in [5, 5.41) is 2.94. The Kier molecular flexibility index (Phi) is 8.28. The van der Waals surface area contributed by atoms with Crippen LogP contribution in [-0.2, 0) is 13.1 Å². The highest BCUT2D eigenvalue weighted by Crippen LogP contribution is 2.16. The lowest BCUT2D eigenvalue weighted by molar-refractivity contribution is 0.0932. The van der Waals surface area contributed by atoms with E-state index in [-0.39, 0.29) is 12.0 Å². The smallest absolute Gasteiger partial charge is 0.251 e. The van der Waals surface area contributed by atoms with Crippen molar-refractivity contribution in [3.63, 3.8) is 0 Å². The van der Waals surface area contributed by atoms with Crippen molar-refractivity contribution in [2.75, 3.05) is 32.7 Å². The molecule has 6 heteroatoms. The second-order valence-corrected chi connectivity index (χ2v) is 9.06. The van der Waals surface area contributed by atoms with E-state index in [9.17, 15) is 4.79 Å². The van der Waals surface area contributed by atoms with Gasteiger partial charge in [-0.3, -0.25) is 19.6 Å². The van der Waals surface area contributed by atoms with Gasteiger partial charge in [-0.15, -0.1) is 0 Å². The first-order valence-electron chi connectivity index (χ1n) is 12.0. The number of hydrogen-bond acceptors (Lipinski definition) is 5. The Morgan fingerprint density at radius 2 is 1.59 bits per heavy atom. The van der Waals surface area contributed by atoms with Gasteiger partial charge in [0.25, 0.3) is 5.91 Å². The molecule has 2 heterocycles. The number of rotatable bonds is 9. The Morgan fingerprint density at radius 1 is 0.941 bits per heavy atom. The molecule has 1 aromatic heterocycles. The Balaban J connectivity index is 1.17. The summed E-state index contributed by atoms with van der Waals surface area (Å²) in [5.74, 6) is 0.744. The summed E-state index contributed by atoms with van der Waals surface area (Å²) in [5.41, 5.74) is 4.36. The van der Waals surface area contributed by atoms with Gasteiger partial charge in [0.05, 0.1) is 6.54 Å². The lowest BCUT2D eigenvalue weighted by atomic mass is 10.1. The van der Waals surface area contributed by atoms with Crippen LogP contribution in [0.5, 0.6) is 5.75 Å². The summed E-state index contributed by atoms with van der Waals surface area (Å²) in [4.78, 5) is 21.5. The third kappa shape index (κ3) is 7.14. The molecule has 1 N–H and O–H groups in total. The molecule has 0 aliphatic carbocycles. The number of nitrogens with one attached hydrogen (secondary N) is 1. The first-order chi connectivity index (χ1) is 16.5. The monoisotopic (exact) mass is 458 g/mol. The molecule has 1 aliphatic rings. The Bertz CT molecular complexity index is 1030. The second-order valence-electron chi connectivity index (χ2n) is 9.06. The number of hydrogen-bond donors (Lipinski definition) is 1. The van der Waals surface area contributed by atoms with Gasteiger partial charge in [-0.25, -0.2) is 0 Å². The van der Waals surface area contributed by atoms with E-state index in [0.29, 0.717) is 12.1 Å². The summed E-state index contributed by atoms with van der Waals surface area (Å²) < 4.78 is 6.00. The summed E-state index contributed by atoms with van der Waals surface area (Å²) in [6.07, 6.45) is 3.66. The molecule has 1 atom stereocenters. The molecule has 1 fully saturated rings. The zero-order valence-corrected chi connectivity index (χ0v) is 20.1. The molecular weight excluding hydrogens is 424 g/mol. The largest absolute Gasteiger partial charge is 0.489 e. The summed E-state index contributed by atoms with van der Waals surface area (Å²) in [6, 6.07) is 20.0. The Hall–Kier alpha value is -3.22. The van der Waals surface area contributed by atoms with Crippen molar-refractivity contribution in [2.45, 2.75) is 33.0 Å². The molecule has 3 aromatic rings. The highest BCUT2D eigenvalue weighted by atomic mass is 16.5. The van der Waals surface area contributed by atoms with Crippen LogP contribution in [0.4, 0.5) is 0 Å². The van der Waals surface area contributed by atoms with E-state index in [2.05, 4.69) is 38.3 Å². The predicted molar refractivity (Wildman–Crippen MR) is 135 cm³/mol. The van der Waals surface area contributed by atoms with E-state index in [1.54, 1.807) is 0 Å². The normalized spacial score (nSPS) is 15.6. The van der Waals surface area contributed by atoms with Gasteiger partial charge in [0.2, 0.25) is 0 Å². The molecule has 0 radical (unpaired) electrons. The van der Waals surface area contributed by atoms with Gasteiger partial charge < -0.3 is 10.1 Å². The van der Waals surface area contributed by atoms with Crippen LogP contribution in [0, 0.1) is 6.92 Å². The number of nitrogens with zero attached hydrogens (tertiary/aromatic N) is 3. The van der Waals surface area contributed by atoms with Gasteiger partial charge in [0.15, 0.2) is 0 Å². The van der Waals surface area contributed by atoms with Crippen molar-refractivity contribution >= 4 is 5.91 Å². The number of carbonyl (C=O) groups excluding carboxylic acids is 1. The van der Waals surface area contributed by atoms with Crippen molar-refractivity contribution < 1.29 is 9.53 Å². The minimum absolute atomic E-state index is 0.0775. The van der Waals surface area contributed by atoms with Gasteiger partial charge in [-0.2, -0.15) is 0 Å². The topological polar surface area (TPSA) is 57.7 Å². The number of piperazine rings is 1. The third-order valence-corrected chi connectivity index (χ3v) is 6.12. The highest BCUT2D eigenvalue weighted by Gasteiger charge is 2.17. The fourth-order valence-electron chi connectivity index (χ4n) is 4.10. The summed E-state index contributed by atoms with van der Waals surface area (Å²) in [7, 11) is 0. The van der Waals surface area contributed by atoms with Crippen LogP contribution in [0.2, 0.25) is 0 Å². The number of aromatic nitrogens is 1. The minimum Gasteiger partial charge on any atom is -0.489 e. The number of ether oxygens (including phenoxy) is 1. The molecule has 1 saturated heterocycles. The molecule has 0 saturated carbocycles. The highest BCUT2D eigenvalue weighted by molar-refractivity contribution is 5.94. The van der Waals surface area contributed by atoms with Crippen molar-refractivity contribution in [3.05, 3.63) is 95.3 Å². The van der Waals surface area contributed by atoms with E-state index >= 15 is 0 Å². The van der Waals surface area contributed by atoms with Crippen molar-refractivity contribution in [1.82, 2.24) is 20.1 Å². The van der Waals surface area contributed by atoms with E-state index in [1.807, 2.05) is 68.7 Å². The molecule has 178 valence electrons. The molecule has 4 rings (SSSR count). The summed E-state index contributed by atoms with van der Waals surface area (Å²) >= 11 is 0. The van der Waals surface area contributed by atoms with Gasteiger partial charge in [0, 0.05) is 57.2 Å². The zero-order chi connectivity index (χ0) is 23.8.